The number of piperidine rings is 2. The molecule has 166 valence electrons. The van der Waals surface area contributed by atoms with E-state index < -0.39 is 0 Å². The van der Waals surface area contributed by atoms with E-state index in [0.29, 0.717) is 19.7 Å². The van der Waals surface area contributed by atoms with E-state index in [4.69, 9.17) is 4.74 Å². The summed E-state index contributed by atoms with van der Waals surface area (Å²) in [5.74, 6) is 0.962. The molecule has 3 fully saturated rings. The van der Waals surface area contributed by atoms with Crippen molar-refractivity contribution in [1.29, 1.82) is 0 Å². The van der Waals surface area contributed by atoms with E-state index in [0.717, 1.165) is 38.7 Å². The second kappa shape index (κ2) is 10.5. The quantitative estimate of drug-likeness (QED) is 0.559. The molecule has 0 aromatic carbocycles. The second-order valence-electron chi connectivity index (χ2n) is 8.65. The lowest BCUT2D eigenvalue weighted by Gasteiger charge is -2.50. The van der Waals surface area contributed by atoms with Gasteiger partial charge in [0.2, 0.25) is 0 Å². The van der Waals surface area contributed by atoms with Crippen LogP contribution in [0.4, 0.5) is 4.79 Å². The Morgan fingerprint density at radius 3 is 2.17 bits per heavy atom. The number of rotatable bonds is 4. The minimum atomic E-state index is -0.203. The van der Waals surface area contributed by atoms with Gasteiger partial charge in [-0.15, -0.1) is 0 Å². The fourth-order valence-electron chi connectivity index (χ4n) is 4.90. The standard InChI is InChI=1S/C21H40N6O2/c1-4-29-20(28)26-16-14-25(15-17-26)19(22-2)23-18-21(8-12-24(3)13-9-21)27-10-6-5-7-11-27/h4-18H2,1-3H3,(H,22,23). The summed E-state index contributed by atoms with van der Waals surface area (Å²) in [6.07, 6.45) is 6.23. The first-order chi connectivity index (χ1) is 14.1. The molecule has 1 N–H and O–H groups in total. The van der Waals surface area contributed by atoms with Crippen LogP contribution < -0.4 is 5.32 Å². The molecule has 0 unspecified atom stereocenters. The van der Waals surface area contributed by atoms with Crippen molar-refractivity contribution in [3.8, 4) is 0 Å². The summed E-state index contributed by atoms with van der Waals surface area (Å²) < 4.78 is 5.13. The van der Waals surface area contributed by atoms with E-state index >= 15 is 0 Å². The number of aliphatic imine (C=N–C) groups is 1. The number of piperazine rings is 1. The molecule has 29 heavy (non-hydrogen) atoms. The van der Waals surface area contributed by atoms with E-state index in [1.807, 2.05) is 14.0 Å². The summed E-state index contributed by atoms with van der Waals surface area (Å²) in [5, 5.41) is 3.71. The topological polar surface area (TPSA) is 63.7 Å². The maximum atomic E-state index is 11.9. The van der Waals surface area contributed by atoms with Crippen molar-refractivity contribution in [2.45, 2.75) is 44.6 Å². The third kappa shape index (κ3) is 5.54. The van der Waals surface area contributed by atoms with Crippen LogP contribution in [0.2, 0.25) is 0 Å². The fourth-order valence-corrected chi connectivity index (χ4v) is 4.90. The maximum absolute atomic E-state index is 11.9. The minimum absolute atomic E-state index is 0.203. The summed E-state index contributed by atoms with van der Waals surface area (Å²) in [6, 6.07) is 0. The average Bonchev–Trinajstić information content (AvgIpc) is 2.77. The van der Waals surface area contributed by atoms with Gasteiger partial charge in [-0.2, -0.15) is 0 Å². The molecule has 0 saturated carbocycles. The third-order valence-electron chi connectivity index (χ3n) is 6.84. The Bertz CT molecular complexity index is 547. The van der Waals surface area contributed by atoms with Gasteiger partial charge in [-0.05, 0) is 65.8 Å². The predicted octanol–water partition coefficient (Wildman–Crippen LogP) is 1.29. The van der Waals surface area contributed by atoms with Crippen LogP contribution in [0.5, 0.6) is 0 Å². The highest BCUT2D eigenvalue weighted by Gasteiger charge is 2.40. The van der Waals surface area contributed by atoms with E-state index in [-0.39, 0.29) is 11.6 Å². The van der Waals surface area contributed by atoms with Crippen molar-refractivity contribution in [2.75, 3.05) is 79.6 Å². The SMILES string of the molecule is CCOC(=O)N1CCN(C(=NC)NCC2(N3CCCCC3)CCN(C)CC2)CC1. The van der Waals surface area contributed by atoms with Crippen LogP contribution in [-0.2, 0) is 4.74 Å². The molecule has 0 aromatic heterocycles. The molecule has 3 aliphatic heterocycles. The molecule has 0 aromatic rings. The van der Waals surface area contributed by atoms with Crippen molar-refractivity contribution in [3.63, 3.8) is 0 Å². The Hall–Kier alpha value is -1.54. The lowest BCUT2D eigenvalue weighted by molar-refractivity contribution is 0.0167. The lowest BCUT2D eigenvalue weighted by atomic mass is 9.84. The van der Waals surface area contributed by atoms with Gasteiger partial charge in [-0.3, -0.25) is 9.89 Å². The van der Waals surface area contributed by atoms with Gasteiger partial charge in [0.05, 0.1) is 6.61 Å². The van der Waals surface area contributed by atoms with Crippen LogP contribution in [0.15, 0.2) is 4.99 Å². The maximum Gasteiger partial charge on any atom is 0.409 e. The lowest BCUT2D eigenvalue weighted by Crippen LogP contribution is -2.63. The average molecular weight is 409 g/mol. The zero-order chi connectivity index (χ0) is 20.7. The van der Waals surface area contributed by atoms with Crippen LogP contribution in [-0.4, -0.2) is 117 Å². The van der Waals surface area contributed by atoms with Gasteiger partial charge in [0.15, 0.2) is 5.96 Å². The Balaban J connectivity index is 1.57. The van der Waals surface area contributed by atoms with Crippen molar-refractivity contribution in [1.82, 2.24) is 24.9 Å². The van der Waals surface area contributed by atoms with Gasteiger partial charge < -0.3 is 24.8 Å². The Morgan fingerprint density at radius 2 is 1.59 bits per heavy atom. The van der Waals surface area contributed by atoms with Crippen molar-refractivity contribution in [2.24, 2.45) is 4.99 Å². The minimum Gasteiger partial charge on any atom is -0.450 e. The van der Waals surface area contributed by atoms with Gasteiger partial charge in [0, 0.05) is 45.3 Å². The highest BCUT2D eigenvalue weighted by molar-refractivity contribution is 5.80. The Labute approximate surface area is 176 Å². The molecule has 0 spiro atoms. The van der Waals surface area contributed by atoms with Crippen LogP contribution >= 0.6 is 0 Å². The van der Waals surface area contributed by atoms with Gasteiger partial charge in [0.1, 0.15) is 0 Å². The monoisotopic (exact) mass is 408 g/mol. The van der Waals surface area contributed by atoms with Gasteiger partial charge in [0.25, 0.3) is 0 Å². The van der Waals surface area contributed by atoms with Crippen molar-refractivity contribution >= 4 is 12.1 Å². The fraction of sp³-hybridized carbons (Fsp3) is 0.905. The summed E-state index contributed by atoms with van der Waals surface area (Å²) in [7, 11) is 4.10. The van der Waals surface area contributed by atoms with E-state index in [1.165, 1.54) is 45.2 Å². The number of hydrogen-bond donors (Lipinski definition) is 1. The number of nitrogens with one attached hydrogen (secondary N) is 1. The largest absolute Gasteiger partial charge is 0.450 e. The zero-order valence-electron chi connectivity index (χ0n) is 18.7. The molecule has 8 nitrogen and oxygen atoms in total. The Kier molecular flexibility index (Phi) is 8.00. The van der Waals surface area contributed by atoms with Crippen LogP contribution in [0, 0.1) is 0 Å². The molecule has 3 saturated heterocycles. The molecule has 0 atom stereocenters. The molecular weight excluding hydrogens is 368 g/mol. The molecule has 8 heteroatoms. The van der Waals surface area contributed by atoms with Gasteiger partial charge in [-0.1, -0.05) is 6.42 Å². The van der Waals surface area contributed by atoms with Crippen molar-refractivity contribution in [3.05, 3.63) is 0 Å². The first kappa shape index (κ1) is 22.2. The van der Waals surface area contributed by atoms with Crippen LogP contribution in [0.25, 0.3) is 0 Å². The highest BCUT2D eigenvalue weighted by Crippen LogP contribution is 2.31. The number of nitrogens with zero attached hydrogens (tertiary/aromatic N) is 5. The Morgan fingerprint density at radius 1 is 0.966 bits per heavy atom. The number of likely N-dealkylation sites (tertiary alicyclic amines) is 2. The summed E-state index contributed by atoms with van der Waals surface area (Å²) in [4.78, 5) is 25.8. The number of ether oxygens (including phenoxy) is 1. The smallest absolute Gasteiger partial charge is 0.409 e. The molecule has 3 heterocycles. The first-order valence-corrected chi connectivity index (χ1v) is 11.4. The third-order valence-corrected chi connectivity index (χ3v) is 6.84. The molecular formula is C21H40N6O2. The number of amides is 1. The second-order valence-corrected chi connectivity index (χ2v) is 8.65. The van der Waals surface area contributed by atoms with E-state index in [1.54, 1.807) is 4.90 Å². The highest BCUT2D eigenvalue weighted by atomic mass is 16.6. The molecule has 3 rings (SSSR count). The van der Waals surface area contributed by atoms with E-state index in [2.05, 4.69) is 32.1 Å². The molecule has 0 aliphatic carbocycles. The van der Waals surface area contributed by atoms with E-state index in [9.17, 15) is 4.79 Å². The number of carbonyl (C=O) groups is 1. The molecule has 1 amide bonds. The first-order valence-electron chi connectivity index (χ1n) is 11.4. The van der Waals surface area contributed by atoms with Crippen LogP contribution in [0.1, 0.15) is 39.0 Å². The number of hydrogen-bond acceptors (Lipinski definition) is 5. The van der Waals surface area contributed by atoms with Gasteiger partial charge >= 0.3 is 6.09 Å². The molecule has 0 radical (unpaired) electrons. The predicted molar refractivity (Wildman–Crippen MR) is 116 cm³/mol. The zero-order valence-corrected chi connectivity index (χ0v) is 18.7. The molecule has 3 aliphatic rings. The number of carbonyl (C=O) groups excluding carboxylic acids is 1. The number of guanidine groups is 1. The molecule has 0 bridgehead atoms. The summed E-state index contributed by atoms with van der Waals surface area (Å²) in [6.45, 7) is 10.9. The summed E-state index contributed by atoms with van der Waals surface area (Å²) >= 11 is 0. The van der Waals surface area contributed by atoms with Crippen LogP contribution in [0.3, 0.4) is 0 Å². The normalized spacial score (nSPS) is 24.4. The summed E-state index contributed by atoms with van der Waals surface area (Å²) in [5.41, 5.74) is 0.232. The van der Waals surface area contributed by atoms with Crippen molar-refractivity contribution < 1.29 is 9.53 Å². The van der Waals surface area contributed by atoms with Gasteiger partial charge in [-0.25, -0.2) is 4.79 Å².